The Balaban J connectivity index is 3.54. The first-order chi connectivity index (χ1) is 5.54. The van der Waals surface area contributed by atoms with Crippen molar-refractivity contribution in [3.63, 3.8) is 0 Å². The number of carboxylic acid groups (broad SMARTS) is 1. The lowest BCUT2D eigenvalue weighted by molar-refractivity contribution is 0.0685. The molecule has 1 rings (SSSR count). The van der Waals surface area contributed by atoms with Crippen LogP contribution in [-0.4, -0.2) is 15.6 Å². The molecule has 0 amide bonds. The van der Waals surface area contributed by atoms with Gasteiger partial charge in [-0.15, -0.1) is 0 Å². The number of hydrogen-bond donors (Lipinski definition) is 1. The Labute approximate surface area is 73.0 Å². The largest absolute Gasteiger partial charge is 0.477 e. The molecule has 0 bridgehead atoms. The van der Waals surface area contributed by atoms with Crippen molar-refractivity contribution in [2.24, 2.45) is 7.05 Å². The summed E-state index contributed by atoms with van der Waals surface area (Å²) >= 11 is 5.56. The van der Waals surface area contributed by atoms with Crippen LogP contribution in [0.25, 0.3) is 0 Å². The van der Waals surface area contributed by atoms with E-state index in [0.717, 1.165) is 4.57 Å². The third kappa shape index (κ3) is 1.33. The molecule has 0 atom stereocenters. The zero-order valence-corrected chi connectivity index (χ0v) is 7.00. The average Bonchev–Trinajstić information content (AvgIpc) is 1.97. The van der Waals surface area contributed by atoms with Gasteiger partial charge in [-0.1, -0.05) is 11.6 Å². The van der Waals surface area contributed by atoms with Gasteiger partial charge < -0.3 is 9.67 Å². The minimum Gasteiger partial charge on any atom is -0.477 e. The van der Waals surface area contributed by atoms with E-state index in [2.05, 4.69) is 0 Å². The number of aromatic carboxylic acids is 1. The molecule has 64 valence electrons. The Bertz CT molecular complexity index is 383. The summed E-state index contributed by atoms with van der Waals surface area (Å²) in [5, 5.41) is 8.69. The van der Waals surface area contributed by atoms with Crippen LogP contribution < -0.4 is 5.56 Å². The summed E-state index contributed by atoms with van der Waals surface area (Å²) in [4.78, 5) is 21.5. The van der Waals surface area contributed by atoms with E-state index in [9.17, 15) is 9.59 Å². The smallest absolute Gasteiger partial charge is 0.354 e. The van der Waals surface area contributed by atoms with Crippen molar-refractivity contribution < 1.29 is 9.90 Å². The topological polar surface area (TPSA) is 59.3 Å². The molecule has 5 heteroatoms. The first-order valence-electron chi connectivity index (χ1n) is 3.13. The molecule has 1 heterocycles. The van der Waals surface area contributed by atoms with Gasteiger partial charge in [-0.2, -0.15) is 0 Å². The van der Waals surface area contributed by atoms with E-state index in [0.29, 0.717) is 0 Å². The second-order valence-corrected chi connectivity index (χ2v) is 2.64. The Morgan fingerprint density at radius 1 is 1.58 bits per heavy atom. The van der Waals surface area contributed by atoms with Gasteiger partial charge in [0.05, 0.1) is 5.02 Å². The summed E-state index contributed by atoms with van der Waals surface area (Å²) in [6.07, 6.45) is 0. The van der Waals surface area contributed by atoms with E-state index < -0.39 is 11.5 Å². The maximum Gasteiger partial charge on any atom is 0.354 e. The van der Waals surface area contributed by atoms with Gasteiger partial charge in [0.1, 0.15) is 5.69 Å². The molecule has 0 saturated heterocycles. The molecular weight excluding hydrogens is 182 g/mol. The maximum atomic E-state index is 10.9. The molecule has 1 N–H and O–H groups in total. The minimum atomic E-state index is -1.21. The van der Waals surface area contributed by atoms with E-state index >= 15 is 0 Å². The summed E-state index contributed by atoms with van der Waals surface area (Å²) < 4.78 is 0.991. The fraction of sp³-hybridized carbons (Fsp3) is 0.143. The Hall–Kier alpha value is -1.29. The van der Waals surface area contributed by atoms with Crippen LogP contribution in [0.1, 0.15) is 10.5 Å². The molecule has 12 heavy (non-hydrogen) atoms. The first-order valence-corrected chi connectivity index (χ1v) is 3.50. The van der Waals surface area contributed by atoms with Gasteiger partial charge >= 0.3 is 5.97 Å². The van der Waals surface area contributed by atoms with Gasteiger partial charge in [0.25, 0.3) is 5.56 Å². The zero-order chi connectivity index (χ0) is 9.30. The molecule has 4 nitrogen and oxygen atoms in total. The van der Waals surface area contributed by atoms with Gasteiger partial charge in [-0.3, -0.25) is 4.79 Å². The summed E-state index contributed by atoms with van der Waals surface area (Å²) in [7, 11) is 1.36. The number of aromatic nitrogens is 1. The summed E-state index contributed by atoms with van der Waals surface area (Å²) in [6, 6.07) is 2.49. The van der Waals surface area contributed by atoms with Crippen LogP contribution in [0.5, 0.6) is 0 Å². The number of carbonyl (C=O) groups is 1. The van der Waals surface area contributed by atoms with Crippen molar-refractivity contribution in [2.45, 2.75) is 0 Å². The van der Waals surface area contributed by atoms with E-state index in [1.807, 2.05) is 0 Å². The second-order valence-electron chi connectivity index (χ2n) is 2.23. The van der Waals surface area contributed by atoms with Crippen molar-refractivity contribution in [1.82, 2.24) is 4.57 Å². The zero-order valence-electron chi connectivity index (χ0n) is 6.24. The van der Waals surface area contributed by atoms with E-state index in [4.69, 9.17) is 16.7 Å². The molecule has 0 unspecified atom stereocenters. The molecule has 0 aromatic carbocycles. The quantitative estimate of drug-likeness (QED) is 0.706. The third-order valence-corrected chi connectivity index (χ3v) is 1.77. The lowest BCUT2D eigenvalue weighted by Crippen LogP contribution is -2.22. The molecule has 0 aliphatic carbocycles. The van der Waals surface area contributed by atoms with Crippen molar-refractivity contribution in [2.75, 3.05) is 0 Å². The standard InChI is InChI=1S/C7H6ClNO3/c1-9-5(10)3-2-4(8)6(9)7(11)12/h2-3H,1H3,(H,11,12). The van der Waals surface area contributed by atoms with Crippen LogP contribution >= 0.6 is 11.6 Å². The average molecular weight is 188 g/mol. The molecule has 0 spiro atoms. The fourth-order valence-electron chi connectivity index (χ4n) is 0.851. The van der Waals surface area contributed by atoms with Gasteiger partial charge in [0.2, 0.25) is 0 Å². The Morgan fingerprint density at radius 2 is 2.17 bits per heavy atom. The van der Waals surface area contributed by atoms with E-state index in [1.165, 1.54) is 19.2 Å². The number of pyridine rings is 1. The predicted molar refractivity (Wildman–Crippen MR) is 43.7 cm³/mol. The fourth-order valence-corrected chi connectivity index (χ4v) is 1.12. The SMILES string of the molecule is Cn1c(C(=O)O)c(Cl)ccc1=O. The number of nitrogens with zero attached hydrogens (tertiary/aromatic N) is 1. The molecule has 0 radical (unpaired) electrons. The van der Waals surface area contributed by atoms with Crippen LogP contribution in [0.15, 0.2) is 16.9 Å². The van der Waals surface area contributed by atoms with Crippen LogP contribution in [-0.2, 0) is 7.05 Å². The van der Waals surface area contributed by atoms with Crippen molar-refractivity contribution in [3.8, 4) is 0 Å². The Morgan fingerprint density at radius 3 is 2.58 bits per heavy atom. The molecule has 1 aromatic heterocycles. The normalized spacial score (nSPS) is 9.83. The van der Waals surface area contributed by atoms with Gasteiger partial charge in [-0.25, -0.2) is 4.79 Å². The van der Waals surface area contributed by atoms with Crippen LogP contribution in [0, 0.1) is 0 Å². The minimum absolute atomic E-state index is 0.0598. The summed E-state index contributed by atoms with van der Waals surface area (Å²) in [5.74, 6) is -1.21. The predicted octanol–water partition coefficient (Wildman–Crippen LogP) is 0.737. The van der Waals surface area contributed by atoms with E-state index in [1.54, 1.807) is 0 Å². The van der Waals surface area contributed by atoms with Gasteiger partial charge in [-0.05, 0) is 6.07 Å². The Kier molecular flexibility index (Phi) is 2.19. The van der Waals surface area contributed by atoms with Crippen molar-refractivity contribution >= 4 is 17.6 Å². The molecule has 0 aliphatic heterocycles. The van der Waals surface area contributed by atoms with Crippen LogP contribution in [0.4, 0.5) is 0 Å². The highest BCUT2D eigenvalue weighted by atomic mass is 35.5. The monoisotopic (exact) mass is 187 g/mol. The highest BCUT2D eigenvalue weighted by molar-refractivity contribution is 6.33. The molecule has 0 fully saturated rings. The second kappa shape index (κ2) is 2.98. The molecule has 1 aromatic rings. The maximum absolute atomic E-state index is 10.9. The number of rotatable bonds is 1. The van der Waals surface area contributed by atoms with Crippen molar-refractivity contribution in [3.05, 3.63) is 33.2 Å². The van der Waals surface area contributed by atoms with Crippen LogP contribution in [0.2, 0.25) is 5.02 Å². The lowest BCUT2D eigenvalue weighted by Gasteiger charge is -2.03. The highest BCUT2D eigenvalue weighted by Gasteiger charge is 2.12. The lowest BCUT2D eigenvalue weighted by atomic mass is 10.3. The van der Waals surface area contributed by atoms with E-state index in [-0.39, 0.29) is 10.7 Å². The van der Waals surface area contributed by atoms with Gasteiger partial charge in [0.15, 0.2) is 0 Å². The van der Waals surface area contributed by atoms with Crippen LogP contribution in [0.3, 0.4) is 0 Å². The highest BCUT2D eigenvalue weighted by Crippen LogP contribution is 2.11. The van der Waals surface area contributed by atoms with Gasteiger partial charge in [0, 0.05) is 13.1 Å². The summed E-state index contributed by atoms with van der Waals surface area (Å²) in [6.45, 7) is 0. The summed E-state index contributed by atoms with van der Waals surface area (Å²) in [5.41, 5.74) is -0.582. The molecule has 0 aliphatic rings. The molecule has 0 saturated carbocycles. The van der Waals surface area contributed by atoms with Crippen molar-refractivity contribution in [1.29, 1.82) is 0 Å². The first kappa shape index (κ1) is 8.80. The molecular formula is C7H6ClNO3. The number of halogens is 1. The number of carboxylic acids is 1. The number of hydrogen-bond acceptors (Lipinski definition) is 2. The third-order valence-electron chi connectivity index (χ3n) is 1.47.